The zero-order chi connectivity index (χ0) is 14.7. The van der Waals surface area contributed by atoms with Gasteiger partial charge in [-0.05, 0) is 49.6 Å². The molecule has 2 nitrogen and oxygen atoms in total. The summed E-state index contributed by atoms with van der Waals surface area (Å²) < 4.78 is 6.29. The van der Waals surface area contributed by atoms with Gasteiger partial charge in [-0.1, -0.05) is 34.1 Å². The molecule has 0 fully saturated rings. The molecular weight excluding hydrogens is 314 g/mol. The molecule has 3 heteroatoms. The fourth-order valence-electron chi connectivity index (χ4n) is 2.13. The van der Waals surface area contributed by atoms with E-state index in [0.29, 0.717) is 0 Å². The van der Waals surface area contributed by atoms with Crippen molar-refractivity contribution >= 4 is 21.6 Å². The summed E-state index contributed by atoms with van der Waals surface area (Å²) >= 11 is 3.50. The highest BCUT2D eigenvalue weighted by atomic mass is 79.9. The molecule has 0 aliphatic rings. The minimum absolute atomic E-state index is 0.244. The highest BCUT2D eigenvalue weighted by Crippen LogP contribution is 2.28. The van der Waals surface area contributed by atoms with Crippen LogP contribution in [0.2, 0.25) is 0 Å². The van der Waals surface area contributed by atoms with E-state index in [0.717, 1.165) is 15.9 Å². The topological polar surface area (TPSA) is 21.3 Å². The summed E-state index contributed by atoms with van der Waals surface area (Å²) in [6, 6.07) is 12.8. The van der Waals surface area contributed by atoms with Crippen molar-refractivity contribution in [2.24, 2.45) is 0 Å². The Hall–Kier alpha value is -1.48. The van der Waals surface area contributed by atoms with Crippen molar-refractivity contribution in [2.45, 2.75) is 26.8 Å². The number of benzene rings is 2. The molecule has 20 heavy (non-hydrogen) atoms. The zero-order valence-corrected chi connectivity index (χ0v) is 13.9. The molecule has 0 amide bonds. The van der Waals surface area contributed by atoms with E-state index >= 15 is 0 Å². The molecule has 2 aromatic carbocycles. The van der Waals surface area contributed by atoms with Gasteiger partial charge in [-0.2, -0.15) is 0 Å². The van der Waals surface area contributed by atoms with E-state index in [-0.39, 0.29) is 6.04 Å². The van der Waals surface area contributed by atoms with Crippen LogP contribution in [-0.2, 0) is 0 Å². The van der Waals surface area contributed by atoms with E-state index in [4.69, 9.17) is 4.74 Å². The summed E-state index contributed by atoms with van der Waals surface area (Å²) in [6.07, 6.45) is 0. The van der Waals surface area contributed by atoms with Gasteiger partial charge in [0.1, 0.15) is 5.75 Å². The molecule has 2 aromatic rings. The minimum atomic E-state index is 0.244. The molecule has 1 unspecified atom stereocenters. The molecule has 106 valence electrons. The van der Waals surface area contributed by atoms with Crippen LogP contribution < -0.4 is 10.1 Å². The molecule has 1 atom stereocenters. The van der Waals surface area contributed by atoms with Gasteiger partial charge in [-0.3, -0.25) is 0 Å². The molecule has 1 N–H and O–H groups in total. The lowest BCUT2D eigenvalue weighted by atomic mass is 10.0. The maximum Gasteiger partial charge on any atom is 0.122 e. The van der Waals surface area contributed by atoms with E-state index in [2.05, 4.69) is 66.3 Å². The fraction of sp³-hybridized carbons (Fsp3) is 0.294. The Kier molecular flexibility index (Phi) is 4.71. The first-order valence-corrected chi connectivity index (χ1v) is 7.47. The van der Waals surface area contributed by atoms with E-state index in [9.17, 15) is 0 Å². The van der Waals surface area contributed by atoms with Gasteiger partial charge in [0, 0.05) is 22.3 Å². The monoisotopic (exact) mass is 333 g/mol. The molecule has 0 spiro atoms. The number of nitrogens with one attached hydrogen (secondary N) is 1. The fourth-order valence-corrected chi connectivity index (χ4v) is 2.60. The number of aryl methyl sites for hydroxylation is 2. The van der Waals surface area contributed by atoms with Crippen molar-refractivity contribution in [3.8, 4) is 5.75 Å². The van der Waals surface area contributed by atoms with Gasteiger partial charge < -0.3 is 10.1 Å². The Morgan fingerprint density at radius 3 is 2.45 bits per heavy atom. The quantitative estimate of drug-likeness (QED) is 0.825. The third kappa shape index (κ3) is 3.54. The largest absolute Gasteiger partial charge is 0.497 e. The van der Waals surface area contributed by atoms with E-state index < -0.39 is 0 Å². The smallest absolute Gasteiger partial charge is 0.122 e. The van der Waals surface area contributed by atoms with Crippen LogP contribution in [0, 0.1) is 13.8 Å². The van der Waals surface area contributed by atoms with Crippen LogP contribution in [0.1, 0.15) is 29.7 Å². The normalized spacial score (nSPS) is 12.1. The molecule has 0 radical (unpaired) electrons. The van der Waals surface area contributed by atoms with Gasteiger partial charge in [0.15, 0.2) is 0 Å². The molecule has 0 aliphatic heterocycles. The van der Waals surface area contributed by atoms with Crippen molar-refractivity contribution in [2.75, 3.05) is 12.4 Å². The molecule has 0 bridgehead atoms. The van der Waals surface area contributed by atoms with Crippen LogP contribution >= 0.6 is 15.9 Å². The second kappa shape index (κ2) is 6.31. The standard InChI is InChI=1S/C17H20BrNO/c1-11-5-6-14(7-12(11)2)13(3)19-16-8-15(18)9-17(10-16)20-4/h5-10,13,19H,1-4H3. The summed E-state index contributed by atoms with van der Waals surface area (Å²) in [4.78, 5) is 0. The van der Waals surface area contributed by atoms with Crippen LogP contribution in [0.4, 0.5) is 5.69 Å². The van der Waals surface area contributed by atoms with Crippen LogP contribution in [0.15, 0.2) is 40.9 Å². The SMILES string of the molecule is COc1cc(Br)cc(NC(C)c2ccc(C)c(C)c2)c1. The highest BCUT2D eigenvalue weighted by Gasteiger charge is 2.08. The van der Waals surface area contributed by atoms with Gasteiger partial charge in [-0.15, -0.1) is 0 Å². The summed E-state index contributed by atoms with van der Waals surface area (Å²) in [7, 11) is 1.68. The van der Waals surface area contributed by atoms with E-state index in [1.807, 2.05) is 12.1 Å². The summed E-state index contributed by atoms with van der Waals surface area (Å²) in [5.41, 5.74) is 4.97. The van der Waals surface area contributed by atoms with Gasteiger partial charge in [0.2, 0.25) is 0 Å². The third-order valence-electron chi connectivity index (χ3n) is 3.52. The number of rotatable bonds is 4. The molecule has 0 aliphatic carbocycles. The number of methoxy groups -OCH3 is 1. The second-order valence-electron chi connectivity index (χ2n) is 5.09. The third-order valence-corrected chi connectivity index (χ3v) is 3.98. The predicted molar refractivity (Wildman–Crippen MR) is 88.6 cm³/mol. The lowest BCUT2D eigenvalue weighted by Crippen LogP contribution is -2.07. The maximum absolute atomic E-state index is 5.29. The molecule has 2 rings (SSSR count). The number of halogens is 1. The maximum atomic E-state index is 5.29. The minimum Gasteiger partial charge on any atom is -0.497 e. The predicted octanol–water partition coefficient (Wildman–Crippen LogP) is 5.25. The number of anilines is 1. The van der Waals surface area contributed by atoms with Crippen LogP contribution in [0.25, 0.3) is 0 Å². The van der Waals surface area contributed by atoms with Crippen LogP contribution in [-0.4, -0.2) is 7.11 Å². The molecule has 0 aromatic heterocycles. The molecule has 0 saturated heterocycles. The van der Waals surface area contributed by atoms with Gasteiger partial charge in [-0.25, -0.2) is 0 Å². The Morgan fingerprint density at radius 1 is 1.05 bits per heavy atom. The number of hydrogen-bond donors (Lipinski definition) is 1. The van der Waals surface area contributed by atoms with Crippen molar-refractivity contribution in [3.63, 3.8) is 0 Å². The second-order valence-corrected chi connectivity index (χ2v) is 6.01. The van der Waals surface area contributed by atoms with Crippen LogP contribution in [0.5, 0.6) is 5.75 Å². The van der Waals surface area contributed by atoms with Crippen molar-refractivity contribution in [3.05, 3.63) is 57.6 Å². The molecular formula is C17H20BrNO. The lowest BCUT2D eigenvalue weighted by molar-refractivity contribution is 0.414. The van der Waals surface area contributed by atoms with Crippen molar-refractivity contribution in [1.29, 1.82) is 0 Å². The van der Waals surface area contributed by atoms with E-state index in [1.54, 1.807) is 7.11 Å². The number of ether oxygens (including phenoxy) is 1. The number of hydrogen-bond acceptors (Lipinski definition) is 2. The summed E-state index contributed by atoms with van der Waals surface area (Å²) in [6.45, 7) is 6.45. The highest BCUT2D eigenvalue weighted by molar-refractivity contribution is 9.10. The van der Waals surface area contributed by atoms with Crippen LogP contribution in [0.3, 0.4) is 0 Å². The molecule has 0 heterocycles. The zero-order valence-electron chi connectivity index (χ0n) is 12.3. The Bertz CT molecular complexity index is 610. The van der Waals surface area contributed by atoms with Gasteiger partial charge in [0.05, 0.1) is 7.11 Å². The van der Waals surface area contributed by atoms with Crippen molar-refractivity contribution < 1.29 is 4.74 Å². The van der Waals surface area contributed by atoms with Gasteiger partial charge in [0.25, 0.3) is 0 Å². The Morgan fingerprint density at radius 2 is 1.80 bits per heavy atom. The average molecular weight is 334 g/mol. The Balaban J connectivity index is 2.20. The first-order chi connectivity index (χ1) is 9.49. The first-order valence-electron chi connectivity index (χ1n) is 6.68. The first kappa shape index (κ1) is 14.9. The van der Waals surface area contributed by atoms with E-state index in [1.165, 1.54) is 16.7 Å². The molecule has 0 saturated carbocycles. The lowest BCUT2D eigenvalue weighted by Gasteiger charge is -2.18. The summed E-state index contributed by atoms with van der Waals surface area (Å²) in [5.74, 6) is 0.842. The van der Waals surface area contributed by atoms with Crippen molar-refractivity contribution in [1.82, 2.24) is 0 Å². The summed E-state index contributed by atoms with van der Waals surface area (Å²) in [5, 5.41) is 3.51. The average Bonchev–Trinajstić information content (AvgIpc) is 2.41. The Labute approximate surface area is 129 Å². The van der Waals surface area contributed by atoms with Gasteiger partial charge >= 0.3 is 0 Å².